The molecule has 0 fully saturated rings. The largest absolute Gasteiger partial charge is 0.333 e. The van der Waals surface area contributed by atoms with E-state index in [0.717, 1.165) is 27.3 Å². The zero-order valence-electron chi connectivity index (χ0n) is 16.3. The number of hydrogen-bond donors (Lipinski definition) is 1. The van der Waals surface area contributed by atoms with Gasteiger partial charge in [0.15, 0.2) is 11.2 Å². The quantitative estimate of drug-likeness (QED) is 0.496. The summed E-state index contributed by atoms with van der Waals surface area (Å²) in [5.41, 5.74) is -1.48. The predicted molar refractivity (Wildman–Crippen MR) is 114 cm³/mol. The highest BCUT2D eigenvalue weighted by molar-refractivity contribution is 6.30. The van der Waals surface area contributed by atoms with E-state index in [1.54, 1.807) is 24.3 Å². The Labute approximate surface area is 183 Å². The van der Waals surface area contributed by atoms with Crippen LogP contribution in [0.5, 0.6) is 0 Å². The molecule has 8 nitrogen and oxygen atoms in total. The summed E-state index contributed by atoms with van der Waals surface area (Å²) in [5.74, 6) is -2.41. The van der Waals surface area contributed by atoms with E-state index < -0.39 is 35.3 Å². The zero-order chi connectivity index (χ0) is 22.8. The zero-order valence-corrected chi connectivity index (χ0v) is 17.0. The van der Waals surface area contributed by atoms with Gasteiger partial charge in [0, 0.05) is 23.5 Å². The molecule has 0 spiro atoms. The van der Waals surface area contributed by atoms with Crippen molar-refractivity contribution in [2.75, 3.05) is 5.32 Å². The highest BCUT2D eigenvalue weighted by atomic mass is 35.5. The fraction of sp³-hybridized carbons (Fsp3) is 0.0952. The fourth-order valence-corrected chi connectivity index (χ4v) is 3.24. The molecule has 0 aliphatic carbocycles. The maximum atomic E-state index is 13.9. The number of carbonyl (C=O) groups is 1. The average Bonchev–Trinajstić information content (AvgIpc) is 2.78. The van der Waals surface area contributed by atoms with Gasteiger partial charge in [-0.1, -0.05) is 23.7 Å². The third kappa shape index (κ3) is 4.26. The summed E-state index contributed by atoms with van der Waals surface area (Å²) in [6, 6.07) is 9.12. The Morgan fingerprint density at radius 1 is 1.00 bits per heavy atom. The molecule has 1 N–H and O–H groups in total. The van der Waals surface area contributed by atoms with Gasteiger partial charge in [-0.3, -0.25) is 18.7 Å². The van der Waals surface area contributed by atoms with Crippen LogP contribution in [-0.4, -0.2) is 25.0 Å². The lowest BCUT2D eigenvalue weighted by Crippen LogP contribution is -2.42. The van der Waals surface area contributed by atoms with Crippen LogP contribution in [0.3, 0.4) is 0 Å². The van der Waals surface area contributed by atoms with Crippen molar-refractivity contribution in [1.82, 2.24) is 19.1 Å². The Kier molecular flexibility index (Phi) is 5.78. The smallest absolute Gasteiger partial charge is 0.322 e. The van der Waals surface area contributed by atoms with Crippen molar-refractivity contribution < 1.29 is 13.6 Å². The van der Waals surface area contributed by atoms with Crippen molar-refractivity contribution in [1.29, 1.82) is 0 Å². The van der Waals surface area contributed by atoms with Gasteiger partial charge < -0.3 is 5.32 Å². The molecule has 2 heterocycles. The van der Waals surface area contributed by atoms with Gasteiger partial charge in [0.2, 0.25) is 5.91 Å². The Morgan fingerprint density at radius 3 is 2.47 bits per heavy atom. The summed E-state index contributed by atoms with van der Waals surface area (Å²) in [7, 11) is 0. The number of nitrogens with zero attached hydrogens (tertiary/aromatic N) is 4. The molecule has 0 atom stereocenters. The molecule has 0 unspecified atom stereocenters. The molecule has 4 aromatic rings. The van der Waals surface area contributed by atoms with Gasteiger partial charge in [-0.05, 0) is 29.8 Å². The number of benzene rings is 2. The fourth-order valence-electron chi connectivity index (χ4n) is 3.11. The minimum atomic E-state index is -0.843. The molecule has 0 radical (unpaired) electrons. The standard InChI is InChI=1S/C21H14ClF2N5O3/c22-13-3-1-12(2-4-13)10-29-20(31)18-19(26-8-7-25-18)28(21(29)32)11-17(30)27-16-9-14(23)5-6-15(16)24/h1-9H,10-11H2,(H,27,30). The van der Waals surface area contributed by atoms with Crippen LogP contribution in [-0.2, 0) is 17.9 Å². The normalized spacial score (nSPS) is 11.0. The molecule has 162 valence electrons. The first kappa shape index (κ1) is 21.3. The van der Waals surface area contributed by atoms with E-state index in [1.165, 1.54) is 12.4 Å². The summed E-state index contributed by atoms with van der Waals surface area (Å²) in [6.45, 7) is -0.702. The second-order valence-electron chi connectivity index (χ2n) is 6.79. The summed E-state index contributed by atoms with van der Waals surface area (Å²) < 4.78 is 29.1. The Balaban J connectivity index is 1.75. The van der Waals surface area contributed by atoms with Gasteiger partial charge in [0.25, 0.3) is 5.56 Å². The van der Waals surface area contributed by atoms with Gasteiger partial charge in [-0.2, -0.15) is 0 Å². The van der Waals surface area contributed by atoms with Crippen LogP contribution in [0.1, 0.15) is 5.56 Å². The first-order valence-electron chi connectivity index (χ1n) is 9.27. The molecular weight excluding hydrogens is 444 g/mol. The predicted octanol–water partition coefficient (Wildman–Crippen LogP) is 2.57. The number of nitrogens with one attached hydrogen (secondary N) is 1. The van der Waals surface area contributed by atoms with Crippen LogP contribution < -0.4 is 16.6 Å². The first-order chi connectivity index (χ1) is 15.3. The molecule has 32 heavy (non-hydrogen) atoms. The summed E-state index contributed by atoms with van der Waals surface area (Å²) in [5, 5.41) is 2.71. The van der Waals surface area contributed by atoms with Gasteiger partial charge in [-0.15, -0.1) is 0 Å². The number of anilines is 1. The molecule has 0 aliphatic rings. The SMILES string of the molecule is O=C(Cn1c(=O)n(Cc2ccc(Cl)cc2)c(=O)c2nccnc21)Nc1cc(F)ccc1F. The van der Waals surface area contributed by atoms with Crippen molar-refractivity contribution in [3.8, 4) is 0 Å². The molecule has 0 saturated heterocycles. The number of fused-ring (bicyclic) bond motifs is 1. The van der Waals surface area contributed by atoms with Crippen molar-refractivity contribution in [3.63, 3.8) is 0 Å². The Bertz CT molecular complexity index is 1450. The lowest BCUT2D eigenvalue weighted by Gasteiger charge is -2.13. The van der Waals surface area contributed by atoms with E-state index >= 15 is 0 Å². The first-order valence-corrected chi connectivity index (χ1v) is 9.65. The summed E-state index contributed by atoms with van der Waals surface area (Å²) in [4.78, 5) is 46.5. The minimum Gasteiger partial charge on any atom is -0.322 e. The number of carbonyl (C=O) groups excluding carboxylic acids is 1. The van der Waals surface area contributed by atoms with E-state index in [-0.39, 0.29) is 23.4 Å². The van der Waals surface area contributed by atoms with Gasteiger partial charge in [0.05, 0.1) is 12.2 Å². The lowest BCUT2D eigenvalue weighted by molar-refractivity contribution is -0.116. The van der Waals surface area contributed by atoms with Crippen LogP contribution in [0.2, 0.25) is 5.02 Å². The minimum absolute atomic E-state index is 0.0957. The van der Waals surface area contributed by atoms with Crippen molar-refractivity contribution in [3.05, 3.63) is 97.9 Å². The third-order valence-corrected chi connectivity index (χ3v) is 4.85. The van der Waals surface area contributed by atoms with Crippen molar-refractivity contribution in [2.45, 2.75) is 13.1 Å². The molecule has 11 heteroatoms. The topological polar surface area (TPSA) is 98.9 Å². The van der Waals surface area contributed by atoms with Crippen LogP contribution in [0.4, 0.5) is 14.5 Å². The monoisotopic (exact) mass is 457 g/mol. The molecule has 2 aromatic heterocycles. The van der Waals surface area contributed by atoms with Gasteiger partial charge >= 0.3 is 5.69 Å². The lowest BCUT2D eigenvalue weighted by atomic mass is 10.2. The summed E-state index contributed by atoms with van der Waals surface area (Å²) in [6.07, 6.45) is 2.55. The highest BCUT2D eigenvalue weighted by Gasteiger charge is 2.18. The number of halogens is 3. The molecule has 4 rings (SSSR count). The van der Waals surface area contributed by atoms with Crippen molar-refractivity contribution >= 4 is 34.4 Å². The van der Waals surface area contributed by atoms with Crippen LogP contribution in [0.15, 0.2) is 64.4 Å². The van der Waals surface area contributed by atoms with Crippen LogP contribution >= 0.6 is 11.6 Å². The molecule has 1 amide bonds. The molecule has 0 saturated carbocycles. The Hall–Kier alpha value is -3.92. The molecular formula is C21H14ClF2N5O3. The number of hydrogen-bond acceptors (Lipinski definition) is 5. The average molecular weight is 458 g/mol. The second-order valence-corrected chi connectivity index (χ2v) is 7.22. The number of rotatable bonds is 5. The van der Waals surface area contributed by atoms with E-state index in [2.05, 4.69) is 15.3 Å². The van der Waals surface area contributed by atoms with E-state index in [1.807, 2.05) is 0 Å². The number of aromatic nitrogens is 4. The van der Waals surface area contributed by atoms with E-state index in [9.17, 15) is 23.2 Å². The number of amides is 1. The molecule has 0 bridgehead atoms. The van der Waals surface area contributed by atoms with E-state index in [0.29, 0.717) is 10.6 Å². The third-order valence-electron chi connectivity index (χ3n) is 4.60. The highest BCUT2D eigenvalue weighted by Crippen LogP contribution is 2.15. The van der Waals surface area contributed by atoms with Crippen LogP contribution in [0.25, 0.3) is 11.2 Å². The maximum Gasteiger partial charge on any atom is 0.333 e. The second kappa shape index (κ2) is 8.67. The van der Waals surface area contributed by atoms with Crippen LogP contribution in [0, 0.1) is 11.6 Å². The van der Waals surface area contributed by atoms with Crippen molar-refractivity contribution in [2.24, 2.45) is 0 Å². The summed E-state index contributed by atoms with van der Waals surface area (Å²) >= 11 is 5.88. The van der Waals surface area contributed by atoms with E-state index in [4.69, 9.17) is 11.6 Å². The maximum absolute atomic E-state index is 13.9. The Morgan fingerprint density at radius 2 is 1.72 bits per heavy atom. The molecule has 2 aromatic carbocycles. The van der Waals surface area contributed by atoms with Gasteiger partial charge in [0.1, 0.15) is 18.2 Å². The van der Waals surface area contributed by atoms with Gasteiger partial charge in [-0.25, -0.2) is 23.5 Å². The molecule has 0 aliphatic heterocycles.